The number of carbonyl (C=O) groups is 2. The van der Waals surface area contributed by atoms with Gasteiger partial charge in [0.15, 0.2) is 0 Å². The first-order chi connectivity index (χ1) is 14.4. The summed E-state index contributed by atoms with van der Waals surface area (Å²) in [5.41, 5.74) is 1.15. The lowest BCUT2D eigenvalue weighted by molar-refractivity contribution is -0.121. The zero-order chi connectivity index (χ0) is 23.3. The smallest absolute Gasteiger partial charge is 0.269 e. The number of hydrogen-bond acceptors (Lipinski definition) is 5. The first-order valence-corrected chi connectivity index (χ1v) is 11.3. The molecule has 1 aromatic rings. The number of aromatic nitrogens is 2. The van der Waals surface area contributed by atoms with Gasteiger partial charge in [-0.15, -0.1) is 0 Å². The van der Waals surface area contributed by atoms with E-state index >= 15 is 0 Å². The molecule has 0 aliphatic heterocycles. The van der Waals surface area contributed by atoms with Crippen LogP contribution in [-0.4, -0.2) is 71.9 Å². The van der Waals surface area contributed by atoms with E-state index in [1.807, 2.05) is 0 Å². The number of nitrogens with zero attached hydrogens (tertiary/aromatic N) is 3. The molecule has 1 heterocycles. The van der Waals surface area contributed by atoms with Gasteiger partial charge in [0.25, 0.3) is 5.91 Å². The van der Waals surface area contributed by atoms with Crippen LogP contribution in [0.4, 0.5) is 0 Å². The van der Waals surface area contributed by atoms with E-state index in [0.29, 0.717) is 24.4 Å². The molecule has 2 N–H and O–H groups in total. The van der Waals surface area contributed by atoms with Crippen LogP contribution in [0.3, 0.4) is 0 Å². The molecule has 3 atom stereocenters. The lowest BCUT2D eigenvalue weighted by Crippen LogP contribution is -2.52. The molecule has 2 rings (SSSR count). The minimum Gasteiger partial charge on any atom is -0.384 e. The van der Waals surface area contributed by atoms with Crippen molar-refractivity contribution in [2.75, 3.05) is 27.3 Å². The van der Waals surface area contributed by atoms with E-state index in [4.69, 9.17) is 4.74 Å². The predicted octanol–water partition coefficient (Wildman–Crippen LogP) is 2.09. The van der Waals surface area contributed by atoms with Gasteiger partial charge in [-0.1, -0.05) is 20.8 Å². The van der Waals surface area contributed by atoms with Gasteiger partial charge in [0.2, 0.25) is 5.91 Å². The highest BCUT2D eigenvalue weighted by Gasteiger charge is 2.33. The maximum Gasteiger partial charge on any atom is 0.269 e. The zero-order valence-electron chi connectivity index (χ0n) is 20.5. The van der Waals surface area contributed by atoms with Crippen LogP contribution in [0, 0.1) is 5.92 Å². The molecule has 8 heteroatoms. The highest BCUT2D eigenvalue weighted by Crippen LogP contribution is 2.29. The lowest BCUT2D eigenvalue weighted by Gasteiger charge is -2.41. The van der Waals surface area contributed by atoms with Crippen LogP contribution in [0.2, 0.25) is 0 Å². The molecule has 1 aromatic heterocycles. The van der Waals surface area contributed by atoms with Crippen LogP contribution in [0.1, 0.15) is 70.1 Å². The van der Waals surface area contributed by atoms with Gasteiger partial charge in [-0.2, -0.15) is 5.10 Å². The van der Waals surface area contributed by atoms with Gasteiger partial charge in [-0.3, -0.25) is 14.3 Å². The largest absolute Gasteiger partial charge is 0.384 e. The summed E-state index contributed by atoms with van der Waals surface area (Å²) in [5, 5.41) is 10.3. The monoisotopic (exact) mass is 435 g/mol. The summed E-state index contributed by atoms with van der Waals surface area (Å²) >= 11 is 0. The predicted molar refractivity (Wildman–Crippen MR) is 122 cm³/mol. The lowest BCUT2D eigenvalue weighted by atomic mass is 9.81. The van der Waals surface area contributed by atoms with Gasteiger partial charge >= 0.3 is 0 Å². The van der Waals surface area contributed by atoms with E-state index in [-0.39, 0.29) is 35.7 Å². The molecule has 2 amide bonds. The van der Waals surface area contributed by atoms with Crippen molar-refractivity contribution < 1.29 is 14.3 Å². The Morgan fingerprint density at radius 1 is 1.32 bits per heavy atom. The summed E-state index contributed by atoms with van der Waals surface area (Å²) in [5.74, 6) is -0.208. The molecule has 1 fully saturated rings. The van der Waals surface area contributed by atoms with Crippen molar-refractivity contribution in [3.05, 3.63) is 17.5 Å². The summed E-state index contributed by atoms with van der Waals surface area (Å²) < 4.78 is 7.00. The summed E-state index contributed by atoms with van der Waals surface area (Å²) in [6.07, 6.45) is 2.94. The Morgan fingerprint density at radius 2 is 2.00 bits per heavy atom. The first kappa shape index (κ1) is 25.3. The van der Waals surface area contributed by atoms with Crippen molar-refractivity contribution in [2.24, 2.45) is 13.0 Å². The van der Waals surface area contributed by atoms with Crippen LogP contribution >= 0.6 is 0 Å². The first-order valence-electron chi connectivity index (χ1n) is 11.3. The van der Waals surface area contributed by atoms with Crippen molar-refractivity contribution in [3.63, 3.8) is 0 Å². The Kier molecular flexibility index (Phi) is 8.65. The molecular formula is C23H41N5O3. The summed E-state index contributed by atoms with van der Waals surface area (Å²) in [6.45, 7) is 11.1. The summed E-state index contributed by atoms with van der Waals surface area (Å²) in [7, 11) is 5.61. The third kappa shape index (κ3) is 6.77. The second kappa shape index (κ2) is 10.6. The molecule has 31 heavy (non-hydrogen) atoms. The minimum atomic E-state index is -0.295. The second-order valence-corrected chi connectivity index (χ2v) is 10.1. The van der Waals surface area contributed by atoms with E-state index in [0.717, 1.165) is 25.0 Å². The molecule has 0 bridgehead atoms. The van der Waals surface area contributed by atoms with Crippen LogP contribution in [-0.2, 0) is 22.0 Å². The molecule has 0 saturated heterocycles. The van der Waals surface area contributed by atoms with Crippen LogP contribution in [0.25, 0.3) is 0 Å². The number of methoxy groups -OCH3 is 1. The molecule has 176 valence electrons. The van der Waals surface area contributed by atoms with E-state index < -0.39 is 0 Å². The highest BCUT2D eigenvalue weighted by molar-refractivity contribution is 5.95. The zero-order valence-corrected chi connectivity index (χ0v) is 20.5. The van der Waals surface area contributed by atoms with Gasteiger partial charge in [-0.25, -0.2) is 0 Å². The fraction of sp³-hybridized carbons (Fsp3) is 0.783. The summed E-state index contributed by atoms with van der Waals surface area (Å²) in [4.78, 5) is 27.5. The van der Waals surface area contributed by atoms with E-state index in [2.05, 4.69) is 62.3 Å². The van der Waals surface area contributed by atoms with Crippen molar-refractivity contribution in [1.29, 1.82) is 0 Å². The third-order valence-corrected chi connectivity index (χ3v) is 6.36. The molecule has 1 saturated carbocycles. The van der Waals surface area contributed by atoms with Crippen molar-refractivity contribution in [1.82, 2.24) is 25.3 Å². The molecule has 0 aromatic carbocycles. The van der Waals surface area contributed by atoms with E-state index in [1.54, 1.807) is 24.9 Å². The number of carbonyl (C=O) groups excluding carboxylic acids is 2. The number of aryl methyl sites for hydroxylation is 1. The Balaban J connectivity index is 1.91. The second-order valence-electron chi connectivity index (χ2n) is 10.1. The molecular weight excluding hydrogens is 394 g/mol. The Morgan fingerprint density at radius 3 is 2.55 bits per heavy atom. The molecule has 1 aliphatic rings. The van der Waals surface area contributed by atoms with Gasteiger partial charge in [0, 0.05) is 43.6 Å². The number of amides is 2. The maximum absolute atomic E-state index is 12.6. The average molecular weight is 436 g/mol. The van der Waals surface area contributed by atoms with Crippen LogP contribution in [0.15, 0.2) is 6.07 Å². The van der Waals surface area contributed by atoms with E-state index in [9.17, 15) is 9.59 Å². The molecule has 8 nitrogen and oxygen atoms in total. The number of ether oxygens (including phenoxy) is 1. The van der Waals surface area contributed by atoms with Gasteiger partial charge in [-0.05, 0) is 46.2 Å². The number of rotatable bonds is 8. The summed E-state index contributed by atoms with van der Waals surface area (Å²) in [6, 6.07) is 2.83. The van der Waals surface area contributed by atoms with E-state index in [1.165, 1.54) is 0 Å². The number of hydrogen-bond donors (Lipinski definition) is 2. The molecule has 1 aliphatic carbocycles. The highest BCUT2D eigenvalue weighted by atomic mass is 16.5. The molecule has 0 unspecified atom stereocenters. The minimum absolute atomic E-state index is 0.0552. The standard InChI is InChI=1S/C23H41N5O3/c1-15(2)27(6)17-9-10-18(16(11-17)14-31-8)25-21(29)13-24-22(30)19-12-20(23(3,4)5)26-28(19)7/h12,15-18H,9-11,13-14H2,1-8H3,(H,24,30)(H,25,29)/t16-,17+,18-/m0/s1. The van der Waals surface area contributed by atoms with Gasteiger partial charge in [0.05, 0.1) is 18.8 Å². The maximum atomic E-state index is 12.6. The average Bonchev–Trinajstić information content (AvgIpc) is 3.09. The van der Waals surface area contributed by atoms with Crippen LogP contribution < -0.4 is 10.6 Å². The fourth-order valence-electron chi connectivity index (χ4n) is 4.17. The Hall–Kier alpha value is -1.93. The Bertz CT molecular complexity index is 753. The third-order valence-electron chi connectivity index (χ3n) is 6.36. The normalized spacial score (nSPS) is 22.1. The number of nitrogens with one attached hydrogen (secondary N) is 2. The van der Waals surface area contributed by atoms with Gasteiger partial charge < -0.3 is 20.3 Å². The van der Waals surface area contributed by atoms with Crippen molar-refractivity contribution in [2.45, 2.75) is 77.4 Å². The fourth-order valence-corrected chi connectivity index (χ4v) is 4.17. The SMILES string of the molecule is COC[C@@H]1C[C@H](N(C)C(C)C)CC[C@@H]1NC(=O)CNC(=O)c1cc(C(C)(C)C)nn1C. The van der Waals surface area contributed by atoms with Crippen LogP contribution in [0.5, 0.6) is 0 Å². The van der Waals surface area contributed by atoms with Crippen molar-refractivity contribution >= 4 is 11.8 Å². The Labute approximate surface area is 187 Å². The van der Waals surface area contributed by atoms with Gasteiger partial charge in [0.1, 0.15) is 5.69 Å². The molecule has 0 radical (unpaired) electrons. The van der Waals surface area contributed by atoms with Crippen molar-refractivity contribution in [3.8, 4) is 0 Å². The topological polar surface area (TPSA) is 88.5 Å². The quantitative estimate of drug-likeness (QED) is 0.653. The molecule has 0 spiro atoms.